The van der Waals surface area contributed by atoms with E-state index in [0.29, 0.717) is 30.0 Å². The zero-order valence-corrected chi connectivity index (χ0v) is 10.5. The molecule has 0 saturated heterocycles. The first-order valence-corrected chi connectivity index (χ1v) is 5.65. The van der Waals surface area contributed by atoms with E-state index in [4.69, 9.17) is 9.26 Å². The second-order valence-electron chi connectivity index (χ2n) is 3.99. The maximum absolute atomic E-state index is 5.47. The molecular weight excluding hydrogens is 234 g/mol. The molecule has 18 heavy (non-hydrogen) atoms. The van der Waals surface area contributed by atoms with Gasteiger partial charge in [0.2, 0.25) is 11.8 Å². The van der Waals surface area contributed by atoms with Crippen molar-refractivity contribution in [3.63, 3.8) is 0 Å². The van der Waals surface area contributed by atoms with Gasteiger partial charge in [0.15, 0.2) is 5.82 Å². The summed E-state index contributed by atoms with van der Waals surface area (Å²) in [6.07, 6.45) is 1.52. The van der Waals surface area contributed by atoms with Gasteiger partial charge < -0.3 is 14.6 Å². The summed E-state index contributed by atoms with van der Waals surface area (Å²) in [5, 5.41) is 6.85. The van der Waals surface area contributed by atoms with Crippen molar-refractivity contribution in [3.8, 4) is 5.88 Å². The molecule has 0 aliphatic carbocycles. The molecule has 7 nitrogen and oxygen atoms in total. The van der Waals surface area contributed by atoms with E-state index in [1.165, 1.54) is 6.33 Å². The van der Waals surface area contributed by atoms with Crippen molar-refractivity contribution in [1.82, 2.24) is 20.1 Å². The summed E-state index contributed by atoms with van der Waals surface area (Å²) in [6, 6.07) is 1.73. The summed E-state index contributed by atoms with van der Waals surface area (Å²) in [5.74, 6) is 2.31. The van der Waals surface area contributed by atoms with Gasteiger partial charge in [0.25, 0.3) is 0 Å². The van der Waals surface area contributed by atoms with Crippen LogP contribution in [0.5, 0.6) is 5.88 Å². The Labute approximate surface area is 105 Å². The molecule has 0 spiro atoms. The van der Waals surface area contributed by atoms with Crippen LogP contribution in [0.3, 0.4) is 0 Å². The number of nitrogens with one attached hydrogen (secondary N) is 1. The lowest BCUT2D eigenvalue weighted by Crippen LogP contribution is -2.08. The fraction of sp³-hybridized carbons (Fsp3) is 0.455. The van der Waals surface area contributed by atoms with Gasteiger partial charge in [0.05, 0.1) is 12.6 Å². The molecule has 96 valence electrons. The Bertz CT molecular complexity index is 512. The SMILES string of the molecule is Cc1nc(CNc2cc(OC(C)C)ncn2)no1. The highest BCUT2D eigenvalue weighted by Gasteiger charge is 2.04. The molecule has 0 aromatic carbocycles. The van der Waals surface area contributed by atoms with Gasteiger partial charge >= 0.3 is 0 Å². The first-order valence-electron chi connectivity index (χ1n) is 5.65. The van der Waals surface area contributed by atoms with Gasteiger partial charge in [-0.3, -0.25) is 0 Å². The van der Waals surface area contributed by atoms with Crippen molar-refractivity contribution in [3.05, 3.63) is 24.1 Å². The number of aromatic nitrogens is 4. The number of ether oxygens (including phenoxy) is 1. The molecule has 0 saturated carbocycles. The summed E-state index contributed by atoms with van der Waals surface area (Å²) in [7, 11) is 0. The molecule has 0 aliphatic heterocycles. The lowest BCUT2D eigenvalue weighted by Gasteiger charge is -2.09. The second-order valence-corrected chi connectivity index (χ2v) is 3.99. The zero-order valence-electron chi connectivity index (χ0n) is 10.5. The van der Waals surface area contributed by atoms with Crippen molar-refractivity contribution in [2.24, 2.45) is 0 Å². The number of anilines is 1. The minimum Gasteiger partial charge on any atom is -0.475 e. The zero-order chi connectivity index (χ0) is 13.0. The summed E-state index contributed by atoms with van der Waals surface area (Å²) in [6.45, 7) is 6.07. The molecule has 0 aliphatic rings. The summed E-state index contributed by atoms with van der Waals surface area (Å²) in [4.78, 5) is 12.2. The Hall–Kier alpha value is -2.18. The normalized spacial score (nSPS) is 10.7. The number of hydrogen-bond acceptors (Lipinski definition) is 7. The van der Waals surface area contributed by atoms with Crippen LogP contribution < -0.4 is 10.1 Å². The third-order valence-corrected chi connectivity index (χ3v) is 2.00. The Kier molecular flexibility index (Phi) is 3.71. The number of aryl methyl sites for hydroxylation is 1. The van der Waals surface area contributed by atoms with Crippen molar-refractivity contribution >= 4 is 5.82 Å². The van der Waals surface area contributed by atoms with Gasteiger partial charge in [-0.05, 0) is 13.8 Å². The van der Waals surface area contributed by atoms with Crippen molar-refractivity contribution in [2.45, 2.75) is 33.4 Å². The van der Waals surface area contributed by atoms with Crippen LogP contribution in [0.4, 0.5) is 5.82 Å². The van der Waals surface area contributed by atoms with Crippen LogP contribution in [0.15, 0.2) is 16.9 Å². The van der Waals surface area contributed by atoms with Gasteiger partial charge in [-0.2, -0.15) is 4.98 Å². The Morgan fingerprint density at radius 1 is 1.39 bits per heavy atom. The molecule has 2 aromatic heterocycles. The van der Waals surface area contributed by atoms with Crippen LogP contribution in [0.2, 0.25) is 0 Å². The van der Waals surface area contributed by atoms with Crippen LogP contribution in [-0.4, -0.2) is 26.2 Å². The predicted octanol–water partition coefficient (Wildman–Crippen LogP) is 1.57. The highest BCUT2D eigenvalue weighted by molar-refractivity contribution is 5.37. The average molecular weight is 249 g/mol. The van der Waals surface area contributed by atoms with E-state index in [9.17, 15) is 0 Å². The smallest absolute Gasteiger partial charge is 0.223 e. The van der Waals surface area contributed by atoms with E-state index in [0.717, 1.165) is 0 Å². The third kappa shape index (κ3) is 3.41. The Morgan fingerprint density at radius 2 is 2.22 bits per heavy atom. The molecule has 0 unspecified atom stereocenters. The van der Waals surface area contributed by atoms with Crippen molar-refractivity contribution < 1.29 is 9.26 Å². The minimum atomic E-state index is 0.0765. The highest BCUT2D eigenvalue weighted by Crippen LogP contribution is 2.13. The summed E-state index contributed by atoms with van der Waals surface area (Å²) in [5.41, 5.74) is 0. The van der Waals surface area contributed by atoms with Gasteiger partial charge in [0, 0.05) is 13.0 Å². The minimum absolute atomic E-state index is 0.0765. The van der Waals surface area contributed by atoms with Crippen molar-refractivity contribution in [2.75, 3.05) is 5.32 Å². The third-order valence-electron chi connectivity index (χ3n) is 2.00. The molecular formula is C11H15N5O2. The molecule has 0 fully saturated rings. The molecule has 1 N–H and O–H groups in total. The van der Waals surface area contributed by atoms with Crippen LogP contribution in [-0.2, 0) is 6.54 Å². The Balaban J connectivity index is 1.96. The number of nitrogens with zero attached hydrogens (tertiary/aromatic N) is 4. The average Bonchev–Trinajstić information content (AvgIpc) is 2.72. The highest BCUT2D eigenvalue weighted by atomic mass is 16.5. The van der Waals surface area contributed by atoms with E-state index in [2.05, 4.69) is 25.4 Å². The second kappa shape index (κ2) is 5.44. The standard InChI is InChI=1S/C11H15N5O2/c1-7(2)17-11-4-9(13-6-14-11)12-5-10-15-8(3)18-16-10/h4,6-7H,5H2,1-3H3,(H,12,13,14). The summed E-state index contributed by atoms with van der Waals surface area (Å²) >= 11 is 0. The van der Waals surface area contributed by atoms with Crippen LogP contribution >= 0.6 is 0 Å². The molecule has 0 amide bonds. The maximum Gasteiger partial charge on any atom is 0.223 e. The van der Waals surface area contributed by atoms with Gasteiger partial charge in [-0.25, -0.2) is 9.97 Å². The number of hydrogen-bond donors (Lipinski definition) is 1. The van der Waals surface area contributed by atoms with Gasteiger partial charge in [-0.15, -0.1) is 0 Å². The molecule has 2 rings (SSSR count). The monoisotopic (exact) mass is 249 g/mol. The van der Waals surface area contributed by atoms with Crippen molar-refractivity contribution in [1.29, 1.82) is 0 Å². The van der Waals surface area contributed by atoms with E-state index in [1.807, 2.05) is 13.8 Å². The summed E-state index contributed by atoms with van der Waals surface area (Å²) < 4.78 is 10.3. The first-order chi connectivity index (χ1) is 8.63. The lowest BCUT2D eigenvalue weighted by molar-refractivity contribution is 0.232. The van der Waals surface area contributed by atoms with Crippen LogP contribution in [0.25, 0.3) is 0 Å². The topological polar surface area (TPSA) is 86.0 Å². The van der Waals surface area contributed by atoms with E-state index in [-0.39, 0.29) is 6.10 Å². The first kappa shape index (κ1) is 12.3. The molecule has 7 heteroatoms. The fourth-order valence-corrected chi connectivity index (χ4v) is 1.32. The van der Waals surface area contributed by atoms with E-state index < -0.39 is 0 Å². The Morgan fingerprint density at radius 3 is 2.89 bits per heavy atom. The largest absolute Gasteiger partial charge is 0.475 e. The van der Waals surface area contributed by atoms with Crippen LogP contribution in [0.1, 0.15) is 25.6 Å². The molecule has 2 heterocycles. The van der Waals surface area contributed by atoms with Gasteiger partial charge in [-0.1, -0.05) is 5.16 Å². The quantitative estimate of drug-likeness (QED) is 0.860. The molecule has 0 atom stereocenters. The van der Waals surface area contributed by atoms with Crippen LogP contribution in [0, 0.1) is 6.92 Å². The predicted molar refractivity (Wildman–Crippen MR) is 64.2 cm³/mol. The lowest BCUT2D eigenvalue weighted by atomic mass is 10.4. The maximum atomic E-state index is 5.47. The van der Waals surface area contributed by atoms with E-state index in [1.54, 1.807) is 13.0 Å². The molecule has 0 bridgehead atoms. The van der Waals surface area contributed by atoms with E-state index >= 15 is 0 Å². The van der Waals surface area contributed by atoms with Gasteiger partial charge in [0.1, 0.15) is 12.1 Å². The molecule has 2 aromatic rings. The fourth-order valence-electron chi connectivity index (χ4n) is 1.32. The molecule has 0 radical (unpaired) electrons. The number of rotatable bonds is 5.